The number of allylic oxidation sites excluding steroid dienone is 1. The van der Waals surface area contributed by atoms with Gasteiger partial charge in [-0.2, -0.15) is 4.99 Å². The van der Waals surface area contributed by atoms with E-state index in [1.807, 2.05) is 13.8 Å². The minimum Gasteiger partial charge on any atom is -0.324 e. The van der Waals surface area contributed by atoms with Gasteiger partial charge in [-0.1, -0.05) is 0 Å². The number of hydrogen-bond acceptors (Lipinski definition) is 6. The molecule has 0 radical (unpaired) electrons. The van der Waals surface area contributed by atoms with Crippen LogP contribution in [-0.4, -0.2) is 33.8 Å². The summed E-state index contributed by atoms with van der Waals surface area (Å²) in [7, 11) is 0. The van der Waals surface area contributed by atoms with Crippen molar-refractivity contribution >= 4 is 23.5 Å². The van der Waals surface area contributed by atoms with Crippen LogP contribution in [0.15, 0.2) is 40.9 Å². The van der Waals surface area contributed by atoms with Crippen molar-refractivity contribution in [3.63, 3.8) is 0 Å². The number of carbonyl (C=O) groups excluding carboxylic acids is 2. The van der Waals surface area contributed by atoms with E-state index in [0.717, 1.165) is 5.57 Å². The number of aliphatic imine (C=N–C) groups is 1. The molecule has 1 fully saturated rings. The second kappa shape index (κ2) is 5.47. The van der Waals surface area contributed by atoms with Crippen LogP contribution in [0.2, 0.25) is 0 Å². The molecule has 2 aliphatic heterocycles. The highest BCUT2D eigenvalue weighted by molar-refractivity contribution is 6.07. The van der Waals surface area contributed by atoms with Crippen molar-refractivity contribution in [3.8, 4) is 0 Å². The van der Waals surface area contributed by atoms with E-state index in [-0.39, 0.29) is 18.2 Å². The van der Waals surface area contributed by atoms with Crippen LogP contribution in [0.25, 0.3) is 0 Å². The van der Waals surface area contributed by atoms with Gasteiger partial charge in [0, 0.05) is 18.1 Å². The minimum absolute atomic E-state index is 0.0545. The van der Waals surface area contributed by atoms with Crippen LogP contribution in [0, 0.1) is 0 Å². The van der Waals surface area contributed by atoms with Gasteiger partial charge in [0.15, 0.2) is 0 Å². The van der Waals surface area contributed by atoms with Crippen molar-refractivity contribution in [1.29, 1.82) is 0 Å². The monoisotopic (exact) mass is 300 g/mol. The molecule has 3 N–H and O–H groups in total. The Labute approximate surface area is 127 Å². The summed E-state index contributed by atoms with van der Waals surface area (Å²) in [6.07, 6.45) is 3.23. The third-order valence-corrected chi connectivity index (χ3v) is 3.34. The molecule has 0 bridgehead atoms. The molecular formula is C14H16N6O2. The van der Waals surface area contributed by atoms with E-state index >= 15 is 0 Å². The lowest BCUT2D eigenvalue weighted by atomic mass is 10.1. The molecule has 0 saturated carbocycles. The van der Waals surface area contributed by atoms with Crippen LogP contribution >= 0.6 is 0 Å². The maximum atomic E-state index is 12.5. The van der Waals surface area contributed by atoms with Gasteiger partial charge in [0.25, 0.3) is 0 Å². The zero-order valence-corrected chi connectivity index (χ0v) is 12.3. The number of hydrogen-bond donors (Lipinski definition) is 3. The van der Waals surface area contributed by atoms with Crippen LogP contribution in [-0.2, 0) is 9.59 Å². The molecule has 1 aromatic heterocycles. The molecule has 8 heteroatoms. The number of guanidine groups is 1. The van der Waals surface area contributed by atoms with Gasteiger partial charge in [0.05, 0.1) is 6.42 Å². The van der Waals surface area contributed by atoms with Crippen molar-refractivity contribution in [1.82, 2.24) is 20.7 Å². The Kier molecular flexibility index (Phi) is 3.50. The normalized spacial score (nSPS) is 19.8. The summed E-state index contributed by atoms with van der Waals surface area (Å²) in [5.74, 6) is 0.471. The molecule has 1 saturated heterocycles. The lowest BCUT2D eigenvalue weighted by Crippen LogP contribution is -2.61. The van der Waals surface area contributed by atoms with Gasteiger partial charge in [0.1, 0.15) is 11.9 Å². The number of fused-ring (bicyclic) bond motifs is 1. The first-order valence-corrected chi connectivity index (χ1v) is 6.87. The quantitative estimate of drug-likeness (QED) is 0.731. The van der Waals surface area contributed by atoms with Gasteiger partial charge in [-0.05, 0) is 31.6 Å². The molecule has 2 aliphatic rings. The van der Waals surface area contributed by atoms with Gasteiger partial charge in [-0.15, -0.1) is 0 Å². The summed E-state index contributed by atoms with van der Waals surface area (Å²) >= 11 is 0. The number of anilines is 1. The topological polar surface area (TPSA) is 98.7 Å². The van der Waals surface area contributed by atoms with Gasteiger partial charge >= 0.3 is 0 Å². The molecule has 8 nitrogen and oxygen atoms in total. The Bertz CT molecular complexity index is 678. The summed E-state index contributed by atoms with van der Waals surface area (Å²) in [5, 5.41) is 7.02. The van der Waals surface area contributed by atoms with Crippen molar-refractivity contribution in [2.75, 3.05) is 5.32 Å². The predicted octanol–water partition coefficient (Wildman–Crippen LogP) is 0.336. The average molecular weight is 300 g/mol. The molecule has 3 heterocycles. The lowest BCUT2D eigenvalue weighted by molar-refractivity contribution is -0.129. The van der Waals surface area contributed by atoms with Crippen LogP contribution in [0.1, 0.15) is 20.3 Å². The summed E-state index contributed by atoms with van der Waals surface area (Å²) in [4.78, 5) is 32.5. The molecule has 0 unspecified atom stereocenters. The van der Waals surface area contributed by atoms with E-state index in [4.69, 9.17) is 0 Å². The molecule has 0 aliphatic carbocycles. The number of pyridine rings is 1. The fourth-order valence-electron chi connectivity index (χ4n) is 2.20. The van der Waals surface area contributed by atoms with Crippen molar-refractivity contribution in [3.05, 3.63) is 35.9 Å². The fourth-order valence-corrected chi connectivity index (χ4v) is 2.20. The SMILES string of the molecule is CC(C)=C1N=C2NC(=O)C[C@H](C(=O)Nc3ccncc3)N2N1. The maximum absolute atomic E-state index is 12.5. The summed E-state index contributed by atoms with van der Waals surface area (Å²) < 4.78 is 0. The van der Waals surface area contributed by atoms with Crippen LogP contribution in [0.4, 0.5) is 5.69 Å². The number of nitrogens with one attached hydrogen (secondary N) is 3. The van der Waals surface area contributed by atoms with Crippen LogP contribution < -0.4 is 16.1 Å². The zero-order valence-electron chi connectivity index (χ0n) is 12.3. The van der Waals surface area contributed by atoms with E-state index < -0.39 is 6.04 Å². The van der Waals surface area contributed by atoms with E-state index in [0.29, 0.717) is 17.5 Å². The van der Waals surface area contributed by atoms with Gasteiger partial charge in [-0.3, -0.25) is 25.3 Å². The Hall–Kier alpha value is -2.90. The number of hydrazine groups is 1. The smallest absolute Gasteiger partial charge is 0.249 e. The van der Waals surface area contributed by atoms with Crippen molar-refractivity contribution < 1.29 is 9.59 Å². The highest BCUT2D eigenvalue weighted by Crippen LogP contribution is 2.19. The van der Waals surface area contributed by atoms with Crippen LogP contribution in [0.5, 0.6) is 0 Å². The van der Waals surface area contributed by atoms with E-state index in [1.165, 1.54) is 0 Å². The zero-order chi connectivity index (χ0) is 15.7. The Balaban J connectivity index is 1.81. The van der Waals surface area contributed by atoms with Crippen molar-refractivity contribution in [2.45, 2.75) is 26.3 Å². The van der Waals surface area contributed by atoms with E-state index in [1.54, 1.807) is 29.5 Å². The summed E-state index contributed by atoms with van der Waals surface area (Å²) in [5.41, 5.74) is 4.64. The van der Waals surface area contributed by atoms with Crippen LogP contribution in [0.3, 0.4) is 0 Å². The highest BCUT2D eigenvalue weighted by Gasteiger charge is 2.39. The second-order valence-corrected chi connectivity index (χ2v) is 5.26. The first-order chi connectivity index (χ1) is 10.5. The minimum atomic E-state index is -0.669. The first kappa shape index (κ1) is 14.1. The summed E-state index contributed by atoms with van der Waals surface area (Å²) in [6.45, 7) is 3.80. The number of amides is 2. The van der Waals surface area contributed by atoms with E-state index in [2.05, 4.69) is 26.0 Å². The number of carbonyl (C=O) groups is 2. The fraction of sp³-hybridized carbons (Fsp3) is 0.286. The Morgan fingerprint density at radius 3 is 2.77 bits per heavy atom. The second-order valence-electron chi connectivity index (χ2n) is 5.26. The average Bonchev–Trinajstić information content (AvgIpc) is 2.91. The number of rotatable bonds is 2. The van der Waals surface area contributed by atoms with Gasteiger partial charge < -0.3 is 5.32 Å². The third-order valence-electron chi connectivity index (χ3n) is 3.34. The van der Waals surface area contributed by atoms with Gasteiger partial charge in [-0.25, -0.2) is 5.01 Å². The maximum Gasteiger partial charge on any atom is 0.249 e. The van der Waals surface area contributed by atoms with Crippen molar-refractivity contribution in [2.24, 2.45) is 4.99 Å². The van der Waals surface area contributed by atoms with Gasteiger partial charge in [0.2, 0.25) is 17.8 Å². The first-order valence-electron chi connectivity index (χ1n) is 6.87. The molecule has 1 atom stereocenters. The molecule has 3 rings (SSSR count). The molecule has 0 aromatic carbocycles. The molecule has 114 valence electrons. The predicted molar refractivity (Wildman–Crippen MR) is 80.2 cm³/mol. The molecule has 2 amide bonds. The molecule has 0 spiro atoms. The standard InChI is InChI=1S/C14H16N6O2/c1-8(2)12-18-14-17-11(21)7-10(20(14)19-12)13(22)16-9-3-5-15-6-4-9/h3-6,10,19H,7H2,1-2H3,(H,15,16,22)(H,17,18,21)/t10-/m1/s1. The molecular weight excluding hydrogens is 284 g/mol. The number of nitrogens with zero attached hydrogens (tertiary/aromatic N) is 3. The highest BCUT2D eigenvalue weighted by atomic mass is 16.2. The largest absolute Gasteiger partial charge is 0.324 e. The van der Waals surface area contributed by atoms with E-state index in [9.17, 15) is 9.59 Å². The Morgan fingerprint density at radius 1 is 1.36 bits per heavy atom. The third kappa shape index (κ3) is 2.62. The molecule has 1 aromatic rings. The molecule has 22 heavy (non-hydrogen) atoms. The lowest BCUT2D eigenvalue weighted by Gasteiger charge is -2.32. The number of aromatic nitrogens is 1. The Morgan fingerprint density at radius 2 is 2.09 bits per heavy atom. The summed E-state index contributed by atoms with van der Waals surface area (Å²) in [6, 6.07) is 2.71.